The average molecular weight is 295 g/mol. The van der Waals surface area contributed by atoms with E-state index in [1.165, 1.54) is 0 Å². The monoisotopic (exact) mass is 295 g/mol. The van der Waals surface area contributed by atoms with Crippen molar-refractivity contribution in [3.8, 4) is 0 Å². The van der Waals surface area contributed by atoms with E-state index in [1.807, 2.05) is 0 Å². The summed E-state index contributed by atoms with van der Waals surface area (Å²) in [6.45, 7) is 5.16. The van der Waals surface area contributed by atoms with E-state index in [4.69, 9.17) is 5.11 Å². The average Bonchev–Trinajstić information content (AvgIpc) is 2.24. The maximum Gasteiger partial charge on any atom is 0.326 e. The van der Waals surface area contributed by atoms with Crippen LogP contribution in [0.4, 0.5) is 4.79 Å². The molecular weight excluding hydrogens is 274 g/mol. The number of urea groups is 1. The summed E-state index contributed by atoms with van der Waals surface area (Å²) in [6, 6.07) is -1.71. The van der Waals surface area contributed by atoms with E-state index in [-0.39, 0.29) is 24.8 Å². The van der Waals surface area contributed by atoms with Crippen molar-refractivity contribution in [2.75, 3.05) is 18.8 Å². The molecule has 0 fully saturated rings. The van der Waals surface area contributed by atoms with Crippen molar-refractivity contribution < 1.29 is 23.1 Å². The second-order valence-corrected chi connectivity index (χ2v) is 6.20. The van der Waals surface area contributed by atoms with Gasteiger partial charge in [-0.3, -0.25) is 0 Å². The molecule has 0 saturated heterocycles. The van der Waals surface area contributed by atoms with Gasteiger partial charge in [-0.1, -0.05) is 20.8 Å². The highest BCUT2D eigenvalue weighted by atomic mass is 32.2. The van der Waals surface area contributed by atoms with Crippen LogP contribution in [0.2, 0.25) is 0 Å². The van der Waals surface area contributed by atoms with Crippen molar-refractivity contribution in [3.63, 3.8) is 0 Å². The summed E-state index contributed by atoms with van der Waals surface area (Å²) in [5.41, 5.74) is 0. The van der Waals surface area contributed by atoms with Gasteiger partial charge in [0.1, 0.15) is 6.04 Å². The highest BCUT2D eigenvalue weighted by Gasteiger charge is 2.23. The lowest BCUT2D eigenvalue weighted by molar-refractivity contribution is -0.140. The number of amides is 2. The Morgan fingerprint density at radius 1 is 1.26 bits per heavy atom. The minimum Gasteiger partial charge on any atom is -0.480 e. The smallest absolute Gasteiger partial charge is 0.326 e. The zero-order valence-electron chi connectivity index (χ0n) is 11.3. The number of hydrogen-bond acceptors (Lipinski definition) is 4. The molecule has 2 amide bonds. The molecular formula is C10H21N3O5S. The molecule has 0 bridgehead atoms. The van der Waals surface area contributed by atoms with Crippen molar-refractivity contribution in [2.45, 2.75) is 26.8 Å². The maximum atomic E-state index is 11.4. The molecule has 0 aliphatic rings. The number of aliphatic carboxylic acids is 1. The Labute approximate surface area is 113 Å². The van der Waals surface area contributed by atoms with E-state index < -0.39 is 28.1 Å². The van der Waals surface area contributed by atoms with Gasteiger partial charge in [-0.05, 0) is 5.92 Å². The zero-order valence-corrected chi connectivity index (χ0v) is 12.1. The van der Waals surface area contributed by atoms with Gasteiger partial charge in [-0.25, -0.2) is 22.7 Å². The predicted octanol–water partition coefficient (Wildman–Crippen LogP) is -0.666. The predicted molar refractivity (Wildman–Crippen MR) is 70.3 cm³/mol. The van der Waals surface area contributed by atoms with Gasteiger partial charge < -0.3 is 15.7 Å². The molecule has 0 radical (unpaired) electrons. The lowest BCUT2D eigenvalue weighted by Crippen LogP contribution is -2.49. The number of carboxylic acids is 1. The fourth-order valence-corrected chi connectivity index (χ4v) is 2.25. The third kappa shape index (κ3) is 7.62. The number of rotatable bonds is 8. The van der Waals surface area contributed by atoms with Crippen LogP contribution >= 0.6 is 0 Å². The van der Waals surface area contributed by atoms with Crippen LogP contribution in [0.15, 0.2) is 0 Å². The molecule has 0 aromatic carbocycles. The van der Waals surface area contributed by atoms with Gasteiger partial charge in [-0.2, -0.15) is 0 Å². The first kappa shape index (κ1) is 17.6. The lowest BCUT2D eigenvalue weighted by Gasteiger charge is -2.18. The minimum absolute atomic E-state index is 0.0917. The van der Waals surface area contributed by atoms with Gasteiger partial charge in [-0.15, -0.1) is 0 Å². The maximum absolute atomic E-state index is 11.4. The van der Waals surface area contributed by atoms with Gasteiger partial charge in [0.25, 0.3) is 0 Å². The number of carbonyl (C=O) groups is 2. The second-order valence-electron chi connectivity index (χ2n) is 4.28. The molecule has 0 aromatic rings. The molecule has 0 rings (SSSR count). The molecule has 0 spiro atoms. The van der Waals surface area contributed by atoms with E-state index >= 15 is 0 Å². The largest absolute Gasteiger partial charge is 0.480 e. The first-order valence-corrected chi connectivity index (χ1v) is 7.59. The normalized spacial score (nSPS) is 13.1. The minimum atomic E-state index is -3.40. The summed E-state index contributed by atoms with van der Waals surface area (Å²) in [4.78, 5) is 22.3. The highest BCUT2D eigenvalue weighted by molar-refractivity contribution is 7.89. The van der Waals surface area contributed by atoms with E-state index in [1.54, 1.807) is 20.8 Å². The summed E-state index contributed by atoms with van der Waals surface area (Å²) in [5, 5.41) is 13.4. The first-order chi connectivity index (χ1) is 8.69. The standard InChI is InChI=1S/C10H21N3O5S/c1-4-12-19(17,18)6-5-11-10(16)13-8(7(2)3)9(14)15/h7-8,12H,4-6H2,1-3H3,(H,14,15)(H2,11,13,16)/t8-/m1/s1. The summed E-state index contributed by atoms with van der Waals surface area (Å²) >= 11 is 0. The first-order valence-electron chi connectivity index (χ1n) is 5.94. The number of sulfonamides is 1. The van der Waals surface area contributed by atoms with Crippen molar-refractivity contribution >= 4 is 22.0 Å². The van der Waals surface area contributed by atoms with Crippen LogP contribution in [0, 0.1) is 5.92 Å². The quantitative estimate of drug-likeness (QED) is 0.473. The van der Waals surface area contributed by atoms with Crippen LogP contribution in [0.3, 0.4) is 0 Å². The molecule has 4 N–H and O–H groups in total. The number of carboxylic acid groups (broad SMARTS) is 1. The van der Waals surface area contributed by atoms with Gasteiger partial charge in [0, 0.05) is 13.1 Å². The molecule has 0 unspecified atom stereocenters. The second kappa shape index (κ2) is 7.95. The number of hydrogen-bond donors (Lipinski definition) is 4. The molecule has 9 heteroatoms. The highest BCUT2D eigenvalue weighted by Crippen LogP contribution is 2.01. The molecule has 19 heavy (non-hydrogen) atoms. The topological polar surface area (TPSA) is 125 Å². The lowest BCUT2D eigenvalue weighted by atomic mass is 10.1. The van der Waals surface area contributed by atoms with Crippen molar-refractivity contribution in [1.82, 2.24) is 15.4 Å². The molecule has 0 aliphatic carbocycles. The fraction of sp³-hybridized carbons (Fsp3) is 0.800. The fourth-order valence-electron chi connectivity index (χ4n) is 1.30. The Morgan fingerprint density at radius 2 is 1.84 bits per heavy atom. The van der Waals surface area contributed by atoms with Crippen molar-refractivity contribution in [1.29, 1.82) is 0 Å². The Bertz CT molecular complexity index is 407. The van der Waals surface area contributed by atoms with Gasteiger partial charge in [0.2, 0.25) is 10.0 Å². The van der Waals surface area contributed by atoms with Crippen LogP contribution in [-0.4, -0.2) is 50.4 Å². The van der Waals surface area contributed by atoms with Crippen molar-refractivity contribution in [3.05, 3.63) is 0 Å². The molecule has 0 saturated carbocycles. The van der Waals surface area contributed by atoms with Crippen LogP contribution < -0.4 is 15.4 Å². The van der Waals surface area contributed by atoms with E-state index in [2.05, 4.69) is 15.4 Å². The molecule has 112 valence electrons. The van der Waals surface area contributed by atoms with Crippen molar-refractivity contribution in [2.24, 2.45) is 5.92 Å². The van der Waals surface area contributed by atoms with E-state index in [0.717, 1.165) is 0 Å². The Balaban J connectivity index is 4.16. The van der Waals surface area contributed by atoms with Crippen LogP contribution in [-0.2, 0) is 14.8 Å². The third-order valence-corrected chi connectivity index (χ3v) is 3.71. The summed E-state index contributed by atoms with van der Waals surface area (Å²) in [6.07, 6.45) is 0. The Morgan fingerprint density at radius 3 is 2.26 bits per heavy atom. The van der Waals surface area contributed by atoms with Gasteiger partial charge >= 0.3 is 12.0 Å². The molecule has 0 aliphatic heterocycles. The molecule has 1 atom stereocenters. The van der Waals surface area contributed by atoms with Crippen LogP contribution in [0.5, 0.6) is 0 Å². The molecule has 0 heterocycles. The summed E-state index contributed by atoms with van der Waals surface area (Å²) in [7, 11) is -3.40. The van der Waals surface area contributed by atoms with E-state index in [0.29, 0.717) is 0 Å². The van der Waals surface area contributed by atoms with Crippen LogP contribution in [0.25, 0.3) is 0 Å². The van der Waals surface area contributed by atoms with Gasteiger partial charge in [0.15, 0.2) is 0 Å². The summed E-state index contributed by atoms with van der Waals surface area (Å²) < 4.78 is 24.8. The molecule has 8 nitrogen and oxygen atoms in total. The number of carbonyl (C=O) groups excluding carboxylic acids is 1. The zero-order chi connectivity index (χ0) is 15.1. The SMILES string of the molecule is CCNS(=O)(=O)CCNC(=O)N[C@@H](C(=O)O)C(C)C. The van der Waals surface area contributed by atoms with Gasteiger partial charge in [0.05, 0.1) is 5.75 Å². The third-order valence-electron chi connectivity index (χ3n) is 2.24. The Hall–Kier alpha value is -1.35. The number of nitrogens with one attached hydrogen (secondary N) is 3. The molecule has 0 aromatic heterocycles. The Kier molecular flexibility index (Phi) is 7.38. The van der Waals surface area contributed by atoms with E-state index in [9.17, 15) is 18.0 Å². The van der Waals surface area contributed by atoms with Crippen LogP contribution in [0.1, 0.15) is 20.8 Å². The summed E-state index contributed by atoms with van der Waals surface area (Å²) in [5.74, 6) is -1.66.